The Morgan fingerprint density at radius 3 is 2.58 bits per heavy atom. The zero-order chi connectivity index (χ0) is 21.8. The Kier molecular flexibility index (Phi) is 5.79. The first-order valence-electron chi connectivity index (χ1n) is 9.69. The van der Waals surface area contributed by atoms with E-state index in [-0.39, 0.29) is 17.4 Å². The standard InChI is InChI=1S/C23H21FN4O3/c1-30-19-10-5-15(14-20(19)31-2)11-13-26-23(29)21-18-4-3-12-25-22(18)28(27-21)17-8-6-16(24)7-9-17/h3-10,12,14H,11,13H2,1-2H3,(H,26,29). The summed E-state index contributed by atoms with van der Waals surface area (Å²) in [5.41, 5.74) is 2.41. The average molecular weight is 420 g/mol. The normalized spacial score (nSPS) is 10.8. The summed E-state index contributed by atoms with van der Waals surface area (Å²) < 4.78 is 25.4. The molecule has 0 aliphatic heterocycles. The van der Waals surface area contributed by atoms with E-state index in [0.29, 0.717) is 41.2 Å². The Morgan fingerprint density at radius 1 is 1.06 bits per heavy atom. The van der Waals surface area contributed by atoms with Crippen LogP contribution >= 0.6 is 0 Å². The molecule has 0 saturated carbocycles. The number of carbonyl (C=O) groups excluding carboxylic acids is 1. The quantitative estimate of drug-likeness (QED) is 0.495. The molecule has 8 heteroatoms. The summed E-state index contributed by atoms with van der Waals surface area (Å²) in [6.45, 7) is 0.416. The maximum Gasteiger partial charge on any atom is 0.272 e. The molecule has 0 aliphatic carbocycles. The van der Waals surface area contributed by atoms with E-state index >= 15 is 0 Å². The Bertz CT molecular complexity index is 1220. The number of rotatable bonds is 7. The molecule has 158 valence electrons. The predicted molar refractivity (Wildman–Crippen MR) is 114 cm³/mol. The summed E-state index contributed by atoms with van der Waals surface area (Å²) in [4.78, 5) is 17.2. The second-order valence-corrected chi connectivity index (χ2v) is 6.81. The summed E-state index contributed by atoms with van der Waals surface area (Å²) in [6, 6.07) is 15.1. The van der Waals surface area contributed by atoms with Gasteiger partial charge in [-0.25, -0.2) is 14.1 Å². The molecule has 4 rings (SSSR count). The fourth-order valence-electron chi connectivity index (χ4n) is 3.32. The van der Waals surface area contributed by atoms with Crippen LogP contribution in [0.1, 0.15) is 16.1 Å². The number of pyridine rings is 1. The van der Waals surface area contributed by atoms with Crippen molar-refractivity contribution in [3.8, 4) is 17.2 Å². The van der Waals surface area contributed by atoms with Gasteiger partial charge in [0.25, 0.3) is 5.91 Å². The van der Waals surface area contributed by atoms with Crippen LogP contribution in [0.2, 0.25) is 0 Å². The molecule has 2 aromatic carbocycles. The largest absolute Gasteiger partial charge is 0.493 e. The van der Waals surface area contributed by atoms with E-state index in [4.69, 9.17) is 9.47 Å². The summed E-state index contributed by atoms with van der Waals surface area (Å²) in [5.74, 6) is 0.641. The van der Waals surface area contributed by atoms with Gasteiger partial charge in [-0.2, -0.15) is 5.10 Å². The van der Waals surface area contributed by atoms with E-state index in [9.17, 15) is 9.18 Å². The van der Waals surface area contributed by atoms with Crippen LogP contribution in [0.3, 0.4) is 0 Å². The van der Waals surface area contributed by atoms with E-state index in [1.165, 1.54) is 16.8 Å². The Labute approximate surface area is 178 Å². The number of amides is 1. The van der Waals surface area contributed by atoms with Crippen molar-refractivity contribution in [1.29, 1.82) is 0 Å². The third-order valence-corrected chi connectivity index (χ3v) is 4.88. The number of hydrogen-bond acceptors (Lipinski definition) is 5. The first-order chi connectivity index (χ1) is 15.1. The number of carbonyl (C=O) groups is 1. The van der Waals surface area contributed by atoms with Crippen LogP contribution in [-0.4, -0.2) is 41.4 Å². The minimum atomic E-state index is -0.346. The fraction of sp³-hybridized carbons (Fsp3) is 0.174. The first-order valence-corrected chi connectivity index (χ1v) is 9.69. The zero-order valence-corrected chi connectivity index (χ0v) is 17.1. The SMILES string of the molecule is COc1ccc(CCNC(=O)c2nn(-c3ccc(F)cc3)c3ncccc23)cc1OC. The second-order valence-electron chi connectivity index (χ2n) is 6.81. The minimum absolute atomic E-state index is 0.264. The smallest absolute Gasteiger partial charge is 0.272 e. The molecule has 2 aromatic heterocycles. The van der Waals surface area contributed by atoms with Gasteiger partial charge in [-0.3, -0.25) is 4.79 Å². The lowest BCUT2D eigenvalue weighted by molar-refractivity contribution is 0.0950. The van der Waals surface area contributed by atoms with Crippen molar-refractivity contribution in [3.05, 3.63) is 77.9 Å². The molecular formula is C23H21FN4O3. The number of nitrogens with zero attached hydrogens (tertiary/aromatic N) is 3. The molecule has 1 amide bonds. The monoisotopic (exact) mass is 420 g/mol. The number of benzene rings is 2. The van der Waals surface area contributed by atoms with Crippen LogP contribution in [0, 0.1) is 5.82 Å². The van der Waals surface area contributed by atoms with Crippen LogP contribution < -0.4 is 14.8 Å². The van der Waals surface area contributed by atoms with Crippen LogP contribution in [0.15, 0.2) is 60.8 Å². The Hall–Kier alpha value is -3.94. The van der Waals surface area contributed by atoms with Gasteiger partial charge in [-0.05, 0) is 60.5 Å². The summed E-state index contributed by atoms with van der Waals surface area (Å²) in [7, 11) is 3.17. The highest BCUT2D eigenvalue weighted by atomic mass is 19.1. The topological polar surface area (TPSA) is 78.3 Å². The Morgan fingerprint density at radius 2 is 1.84 bits per heavy atom. The molecule has 0 saturated heterocycles. The maximum atomic E-state index is 13.3. The molecule has 0 atom stereocenters. The van der Waals surface area contributed by atoms with Gasteiger partial charge in [0.15, 0.2) is 22.8 Å². The average Bonchev–Trinajstić information content (AvgIpc) is 3.19. The number of aromatic nitrogens is 3. The summed E-state index contributed by atoms with van der Waals surface area (Å²) in [5, 5.41) is 7.97. The van der Waals surface area contributed by atoms with Crippen LogP contribution in [0.5, 0.6) is 11.5 Å². The third kappa shape index (κ3) is 4.18. The lowest BCUT2D eigenvalue weighted by atomic mass is 10.1. The first kappa shape index (κ1) is 20.3. The van der Waals surface area contributed by atoms with Gasteiger partial charge in [0.1, 0.15) is 5.82 Å². The van der Waals surface area contributed by atoms with Crippen LogP contribution in [-0.2, 0) is 6.42 Å². The molecule has 7 nitrogen and oxygen atoms in total. The van der Waals surface area contributed by atoms with Gasteiger partial charge in [-0.15, -0.1) is 0 Å². The molecule has 31 heavy (non-hydrogen) atoms. The van der Waals surface area contributed by atoms with Gasteiger partial charge in [0, 0.05) is 12.7 Å². The summed E-state index contributed by atoms with van der Waals surface area (Å²) in [6.07, 6.45) is 2.24. The lowest BCUT2D eigenvalue weighted by Gasteiger charge is -2.10. The van der Waals surface area contributed by atoms with Crippen LogP contribution in [0.25, 0.3) is 16.7 Å². The molecular weight excluding hydrogens is 399 g/mol. The molecule has 0 fully saturated rings. The molecule has 0 spiro atoms. The third-order valence-electron chi connectivity index (χ3n) is 4.88. The van der Waals surface area contributed by atoms with Crippen molar-refractivity contribution in [2.45, 2.75) is 6.42 Å². The van der Waals surface area contributed by atoms with Crippen molar-refractivity contribution < 1.29 is 18.7 Å². The highest BCUT2D eigenvalue weighted by Crippen LogP contribution is 2.27. The number of methoxy groups -OCH3 is 2. The number of hydrogen-bond donors (Lipinski definition) is 1. The van der Waals surface area contributed by atoms with Crippen molar-refractivity contribution in [2.24, 2.45) is 0 Å². The minimum Gasteiger partial charge on any atom is -0.493 e. The van der Waals surface area contributed by atoms with Crippen molar-refractivity contribution in [1.82, 2.24) is 20.1 Å². The van der Waals surface area contributed by atoms with E-state index in [1.54, 1.807) is 44.7 Å². The molecule has 0 radical (unpaired) electrons. The Balaban J connectivity index is 1.53. The maximum absolute atomic E-state index is 13.3. The van der Waals surface area contributed by atoms with Crippen molar-refractivity contribution in [3.63, 3.8) is 0 Å². The highest BCUT2D eigenvalue weighted by Gasteiger charge is 2.18. The molecule has 4 aromatic rings. The number of fused-ring (bicyclic) bond motifs is 1. The van der Waals surface area contributed by atoms with Crippen molar-refractivity contribution in [2.75, 3.05) is 20.8 Å². The number of ether oxygens (including phenoxy) is 2. The zero-order valence-electron chi connectivity index (χ0n) is 17.1. The lowest BCUT2D eigenvalue weighted by Crippen LogP contribution is -2.26. The van der Waals surface area contributed by atoms with Gasteiger partial charge >= 0.3 is 0 Å². The molecule has 0 unspecified atom stereocenters. The van der Waals surface area contributed by atoms with Gasteiger partial charge in [0.05, 0.1) is 25.3 Å². The van der Waals surface area contributed by atoms with Crippen molar-refractivity contribution >= 4 is 16.9 Å². The molecule has 0 bridgehead atoms. The fourth-order valence-corrected chi connectivity index (χ4v) is 3.32. The van der Waals surface area contributed by atoms with Crippen LogP contribution in [0.4, 0.5) is 4.39 Å². The molecule has 0 aliphatic rings. The number of halogens is 1. The van der Waals surface area contributed by atoms with E-state index in [0.717, 1.165) is 5.56 Å². The van der Waals surface area contributed by atoms with E-state index < -0.39 is 0 Å². The highest BCUT2D eigenvalue weighted by molar-refractivity contribution is 6.04. The molecule has 2 heterocycles. The van der Waals surface area contributed by atoms with Gasteiger partial charge in [0.2, 0.25) is 0 Å². The van der Waals surface area contributed by atoms with E-state index in [2.05, 4.69) is 15.4 Å². The second kappa shape index (κ2) is 8.83. The van der Waals surface area contributed by atoms with Gasteiger partial charge < -0.3 is 14.8 Å². The molecule has 1 N–H and O–H groups in total. The predicted octanol–water partition coefficient (Wildman–Crippen LogP) is 3.55. The number of nitrogens with one attached hydrogen (secondary N) is 1. The van der Waals surface area contributed by atoms with E-state index in [1.807, 2.05) is 18.2 Å². The van der Waals surface area contributed by atoms with Gasteiger partial charge in [-0.1, -0.05) is 6.07 Å². The summed E-state index contributed by atoms with van der Waals surface area (Å²) >= 11 is 0.